The van der Waals surface area contributed by atoms with Gasteiger partial charge in [-0.1, -0.05) is 6.92 Å². The highest BCUT2D eigenvalue weighted by atomic mass is 16.5. The highest BCUT2D eigenvalue weighted by Gasteiger charge is 2.35. The van der Waals surface area contributed by atoms with Crippen LogP contribution < -0.4 is 5.69 Å². The van der Waals surface area contributed by atoms with Crippen molar-refractivity contribution in [3.63, 3.8) is 0 Å². The Balaban J connectivity index is 1.93. The van der Waals surface area contributed by atoms with E-state index in [-0.39, 0.29) is 30.9 Å². The van der Waals surface area contributed by atoms with Crippen LogP contribution in [0.15, 0.2) is 23.3 Å². The number of carbonyl (C=O) groups is 1. The molecule has 2 aromatic rings. The van der Waals surface area contributed by atoms with Crippen molar-refractivity contribution < 1.29 is 19.7 Å². The number of Topliss-reactive ketones (excluding diaryl/α,β-unsaturated/α-hetero) is 1. The molecule has 8 nitrogen and oxygen atoms in total. The number of rotatable bonds is 5. The van der Waals surface area contributed by atoms with E-state index >= 15 is 0 Å². The van der Waals surface area contributed by atoms with E-state index in [0.29, 0.717) is 17.8 Å². The Kier molecular flexibility index (Phi) is 4.29. The smallest absolute Gasteiger partial charge is 0.336 e. The fraction of sp³-hybridized carbons (Fsp3) is 0.533. The van der Waals surface area contributed by atoms with Crippen molar-refractivity contribution in [3.8, 4) is 0 Å². The molecule has 1 fully saturated rings. The van der Waals surface area contributed by atoms with E-state index in [2.05, 4.69) is 4.98 Å². The normalized spacial score (nSPS) is 24.4. The Morgan fingerprint density at radius 3 is 2.96 bits per heavy atom. The summed E-state index contributed by atoms with van der Waals surface area (Å²) < 4.78 is 8.22. The monoisotopic (exact) mass is 321 g/mol. The Morgan fingerprint density at radius 2 is 2.30 bits per heavy atom. The Hall–Kier alpha value is -2.03. The number of imidazole rings is 1. The molecule has 0 spiro atoms. The van der Waals surface area contributed by atoms with Crippen LogP contribution in [0.5, 0.6) is 0 Å². The number of fused-ring (bicyclic) bond motifs is 1. The summed E-state index contributed by atoms with van der Waals surface area (Å²) in [5.41, 5.74) is 0.649. The van der Waals surface area contributed by atoms with Gasteiger partial charge >= 0.3 is 5.69 Å². The maximum atomic E-state index is 12.6. The van der Waals surface area contributed by atoms with Gasteiger partial charge in [0.05, 0.1) is 24.8 Å². The summed E-state index contributed by atoms with van der Waals surface area (Å²) in [5, 5.41) is 18.9. The first-order valence-electron chi connectivity index (χ1n) is 7.58. The number of hydrogen-bond acceptors (Lipinski definition) is 6. The minimum absolute atomic E-state index is 0.0572. The fourth-order valence-corrected chi connectivity index (χ4v) is 2.73. The lowest BCUT2D eigenvalue weighted by atomic mass is 10.2. The molecule has 2 N–H and O–H groups in total. The molecule has 0 aliphatic carbocycles. The van der Waals surface area contributed by atoms with Gasteiger partial charge in [0.2, 0.25) is 0 Å². The number of aliphatic hydroxyl groups is 2. The van der Waals surface area contributed by atoms with Crippen molar-refractivity contribution in [2.24, 2.45) is 0 Å². The third-order valence-corrected chi connectivity index (χ3v) is 4.06. The summed E-state index contributed by atoms with van der Waals surface area (Å²) in [4.78, 5) is 28.4. The molecule has 124 valence electrons. The molecule has 1 saturated heterocycles. The van der Waals surface area contributed by atoms with Gasteiger partial charge in [-0.15, -0.1) is 0 Å². The average Bonchev–Trinajstić information content (AvgIpc) is 3.11. The first-order valence-corrected chi connectivity index (χ1v) is 7.58. The summed E-state index contributed by atoms with van der Waals surface area (Å²) in [5.74, 6) is 0.0572. The fourth-order valence-electron chi connectivity index (χ4n) is 2.73. The summed E-state index contributed by atoms with van der Waals surface area (Å²) in [7, 11) is 0. The van der Waals surface area contributed by atoms with Gasteiger partial charge < -0.3 is 14.9 Å². The average molecular weight is 321 g/mol. The number of hydrogen-bond donors (Lipinski definition) is 2. The summed E-state index contributed by atoms with van der Waals surface area (Å²) >= 11 is 0. The highest BCUT2D eigenvalue weighted by Crippen LogP contribution is 2.27. The van der Waals surface area contributed by atoms with Crippen molar-refractivity contribution >= 4 is 11.4 Å². The van der Waals surface area contributed by atoms with Crippen LogP contribution in [0, 0.1) is 0 Å². The molecule has 1 aliphatic heterocycles. The van der Waals surface area contributed by atoms with Crippen molar-refractivity contribution in [2.75, 3.05) is 6.61 Å². The Bertz CT molecular complexity index is 781. The maximum absolute atomic E-state index is 12.6. The number of aromatic nitrogens is 3. The SMILES string of the molecule is CCC(=O)Cc1cn2c(=O)n([C@H]3C[C@H](O)[C@@H](CO)O3)ccc2n1. The van der Waals surface area contributed by atoms with Crippen LogP contribution in [0.3, 0.4) is 0 Å². The van der Waals surface area contributed by atoms with Crippen LogP contribution in [0.4, 0.5) is 0 Å². The molecule has 0 amide bonds. The van der Waals surface area contributed by atoms with Gasteiger partial charge in [0.25, 0.3) is 0 Å². The van der Waals surface area contributed by atoms with Gasteiger partial charge in [0.1, 0.15) is 23.8 Å². The Morgan fingerprint density at radius 1 is 1.52 bits per heavy atom. The zero-order valence-corrected chi connectivity index (χ0v) is 12.8. The topological polar surface area (TPSA) is 106 Å². The summed E-state index contributed by atoms with van der Waals surface area (Å²) in [6.07, 6.45) is 1.81. The lowest BCUT2D eigenvalue weighted by Crippen LogP contribution is -2.29. The van der Waals surface area contributed by atoms with Gasteiger partial charge in [0.15, 0.2) is 0 Å². The third kappa shape index (κ3) is 2.92. The maximum Gasteiger partial charge on any atom is 0.336 e. The molecular weight excluding hydrogens is 302 g/mol. The Labute approximate surface area is 132 Å². The second kappa shape index (κ2) is 6.23. The number of ketones is 1. The van der Waals surface area contributed by atoms with Crippen LogP contribution in [-0.2, 0) is 16.0 Å². The minimum Gasteiger partial charge on any atom is -0.394 e. The van der Waals surface area contributed by atoms with Gasteiger partial charge in [-0.05, 0) is 6.07 Å². The van der Waals surface area contributed by atoms with Gasteiger partial charge in [-0.2, -0.15) is 0 Å². The quantitative estimate of drug-likeness (QED) is 0.780. The first-order chi connectivity index (χ1) is 11.0. The first kappa shape index (κ1) is 15.9. The van der Waals surface area contributed by atoms with Crippen molar-refractivity contribution in [2.45, 2.75) is 44.6 Å². The molecule has 3 atom stereocenters. The van der Waals surface area contributed by atoms with Crippen molar-refractivity contribution in [1.29, 1.82) is 0 Å². The van der Waals surface area contributed by atoms with Crippen molar-refractivity contribution in [3.05, 3.63) is 34.6 Å². The number of aliphatic hydroxyl groups excluding tert-OH is 2. The van der Waals surface area contributed by atoms with E-state index in [0.717, 1.165) is 0 Å². The molecule has 8 heteroatoms. The zero-order chi connectivity index (χ0) is 16.6. The van der Waals surface area contributed by atoms with Crippen molar-refractivity contribution in [1.82, 2.24) is 14.0 Å². The van der Waals surface area contributed by atoms with E-state index in [1.54, 1.807) is 25.4 Å². The third-order valence-electron chi connectivity index (χ3n) is 4.06. The molecule has 23 heavy (non-hydrogen) atoms. The van der Waals surface area contributed by atoms with Gasteiger partial charge in [0, 0.05) is 25.2 Å². The molecule has 0 radical (unpaired) electrons. The standard InChI is InChI=1S/C15H19N3O5/c1-2-10(20)5-9-7-18-13(16-9)3-4-17(15(18)22)14-6-11(21)12(8-19)23-14/h3-4,7,11-12,14,19,21H,2,5-6,8H2,1H3/t11-,12+,14+/m0/s1. The van der Waals surface area contributed by atoms with Gasteiger partial charge in [-0.3, -0.25) is 13.8 Å². The van der Waals surface area contributed by atoms with E-state index in [1.165, 1.54) is 8.97 Å². The molecule has 0 unspecified atom stereocenters. The molecule has 3 rings (SSSR count). The molecule has 0 bridgehead atoms. The van der Waals surface area contributed by atoms with Crippen LogP contribution in [0.2, 0.25) is 0 Å². The van der Waals surface area contributed by atoms with E-state index < -0.39 is 18.4 Å². The second-order valence-electron chi connectivity index (χ2n) is 5.65. The van der Waals surface area contributed by atoms with E-state index in [4.69, 9.17) is 9.84 Å². The molecule has 0 saturated carbocycles. The van der Waals surface area contributed by atoms with Crippen LogP contribution in [0.25, 0.3) is 5.65 Å². The lowest BCUT2D eigenvalue weighted by molar-refractivity contribution is -0.118. The number of carbonyl (C=O) groups excluding carboxylic acids is 1. The van der Waals surface area contributed by atoms with Gasteiger partial charge in [-0.25, -0.2) is 9.78 Å². The van der Waals surface area contributed by atoms with Crippen LogP contribution >= 0.6 is 0 Å². The van der Waals surface area contributed by atoms with Crippen LogP contribution in [-0.4, -0.2) is 48.8 Å². The predicted octanol–water partition coefficient (Wildman–Crippen LogP) is -0.342. The molecule has 1 aliphatic rings. The number of nitrogens with zero attached hydrogens (tertiary/aromatic N) is 3. The van der Waals surface area contributed by atoms with E-state index in [9.17, 15) is 14.7 Å². The summed E-state index contributed by atoms with van der Waals surface area (Å²) in [6.45, 7) is 1.48. The second-order valence-corrected chi connectivity index (χ2v) is 5.65. The molecule has 0 aromatic carbocycles. The summed E-state index contributed by atoms with van der Waals surface area (Å²) in [6, 6.07) is 1.66. The molecule has 3 heterocycles. The predicted molar refractivity (Wildman–Crippen MR) is 80.1 cm³/mol. The number of ether oxygens (including phenoxy) is 1. The largest absolute Gasteiger partial charge is 0.394 e. The lowest BCUT2D eigenvalue weighted by Gasteiger charge is -2.14. The highest BCUT2D eigenvalue weighted by molar-refractivity contribution is 5.80. The minimum atomic E-state index is -0.812. The van der Waals surface area contributed by atoms with Crippen LogP contribution in [0.1, 0.15) is 31.7 Å². The molecule has 2 aromatic heterocycles. The van der Waals surface area contributed by atoms with E-state index in [1.807, 2.05) is 0 Å². The molecular formula is C15H19N3O5. The zero-order valence-electron chi connectivity index (χ0n) is 12.8.